The molecule has 2 saturated carbocycles. The van der Waals surface area contributed by atoms with Crippen molar-refractivity contribution >= 4 is 5.91 Å². The van der Waals surface area contributed by atoms with Gasteiger partial charge < -0.3 is 9.64 Å². The molecular formula is C18H25NO2. The highest BCUT2D eigenvalue weighted by Crippen LogP contribution is 2.48. The van der Waals surface area contributed by atoms with Crippen LogP contribution in [0.25, 0.3) is 0 Å². The van der Waals surface area contributed by atoms with Crippen LogP contribution in [0.4, 0.5) is 0 Å². The second kappa shape index (κ2) is 6.08. The number of rotatable bonds is 5. The van der Waals surface area contributed by atoms with Gasteiger partial charge in [-0.1, -0.05) is 18.6 Å². The van der Waals surface area contributed by atoms with Crippen LogP contribution in [-0.2, 0) is 11.3 Å². The number of fused-ring (bicyclic) bond motifs is 2. The van der Waals surface area contributed by atoms with E-state index in [9.17, 15) is 4.79 Å². The number of benzene rings is 1. The molecule has 0 radical (unpaired) electrons. The highest BCUT2D eigenvalue weighted by molar-refractivity contribution is 5.79. The van der Waals surface area contributed by atoms with E-state index in [2.05, 4.69) is 19.1 Å². The molecule has 0 aromatic heterocycles. The fraction of sp³-hybridized carbons (Fsp3) is 0.611. The van der Waals surface area contributed by atoms with Crippen molar-refractivity contribution in [3.63, 3.8) is 0 Å². The first-order valence-corrected chi connectivity index (χ1v) is 8.13. The molecule has 0 aliphatic heterocycles. The zero-order valence-corrected chi connectivity index (χ0v) is 13.0. The molecule has 2 fully saturated rings. The highest BCUT2D eigenvalue weighted by Gasteiger charge is 2.44. The summed E-state index contributed by atoms with van der Waals surface area (Å²) in [4.78, 5) is 14.8. The fourth-order valence-corrected chi connectivity index (χ4v) is 4.08. The van der Waals surface area contributed by atoms with Crippen molar-refractivity contribution in [3.8, 4) is 5.75 Å². The van der Waals surface area contributed by atoms with Gasteiger partial charge in [-0.15, -0.1) is 0 Å². The summed E-state index contributed by atoms with van der Waals surface area (Å²) in [5, 5.41) is 0. The topological polar surface area (TPSA) is 29.5 Å². The second-order valence-corrected chi connectivity index (χ2v) is 6.48. The summed E-state index contributed by atoms with van der Waals surface area (Å²) in [5.41, 5.74) is 1.18. The number of nitrogens with zero attached hydrogens (tertiary/aromatic N) is 1. The van der Waals surface area contributed by atoms with Crippen molar-refractivity contribution in [1.82, 2.24) is 4.90 Å². The van der Waals surface area contributed by atoms with Crippen LogP contribution in [0.2, 0.25) is 0 Å². The lowest BCUT2D eigenvalue weighted by Crippen LogP contribution is -2.37. The highest BCUT2D eigenvalue weighted by atomic mass is 16.5. The molecule has 3 unspecified atom stereocenters. The van der Waals surface area contributed by atoms with Gasteiger partial charge in [0.05, 0.1) is 7.11 Å². The molecule has 3 heteroatoms. The number of carbonyl (C=O) groups is 1. The molecule has 1 aromatic carbocycles. The fourth-order valence-electron chi connectivity index (χ4n) is 4.08. The normalized spacial score (nSPS) is 26.9. The van der Waals surface area contributed by atoms with Gasteiger partial charge in [-0.3, -0.25) is 4.79 Å². The van der Waals surface area contributed by atoms with Crippen molar-refractivity contribution < 1.29 is 9.53 Å². The molecule has 0 spiro atoms. The van der Waals surface area contributed by atoms with Crippen molar-refractivity contribution in [1.29, 1.82) is 0 Å². The molecule has 0 heterocycles. The number of amides is 1. The molecule has 3 rings (SSSR count). The average molecular weight is 287 g/mol. The largest absolute Gasteiger partial charge is 0.497 e. The van der Waals surface area contributed by atoms with Gasteiger partial charge >= 0.3 is 0 Å². The van der Waals surface area contributed by atoms with Gasteiger partial charge in [-0.25, -0.2) is 0 Å². The van der Waals surface area contributed by atoms with Crippen LogP contribution in [0.3, 0.4) is 0 Å². The maximum atomic E-state index is 12.8. The Hall–Kier alpha value is -1.51. The zero-order valence-electron chi connectivity index (χ0n) is 13.0. The van der Waals surface area contributed by atoms with Crippen LogP contribution in [0.1, 0.15) is 38.2 Å². The summed E-state index contributed by atoms with van der Waals surface area (Å²) in [6.45, 7) is 3.58. The first-order chi connectivity index (χ1) is 10.2. The summed E-state index contributed by atoms with van der Waals surface area (Å²) in [7, 11) is 1.67. The molecule has 2 aliphatic rings. The molecule has 21 heavy (non-hydrogen) atoms. The molecule has 114 valence electrons. The lowest BCUT2D eigenvalue weighted by atomic mass is 9.87. The quantitative estimate of drug-likeness (QED) is 0.830. The Bertz CT molecular complexity index is 496. The van der Waals surface area contributed by atoms with E-state index in [0.29, 0.717) is 24.3 Å². The van der Waals surface area contributed by atoms with E-state index in [1.165, 1.54) is 24.8 Å². The minimum atomic E-state index is 0.293. The van der Waals surface area contributed by atoms with E-state index in [0.717, 1.165) is 24.6 Å². The summed E-state index contributed by atoms with van der Waals surface area (Å²) in [5.74, 6) is 3.01. The van der Waals surface area contributed by atoms with Crippen molar-refractivity contribution in [2.45, 2.75) is 39.2 Å². The van der Waals surface area contributed by atoms with Crippen molar-refractivity contribution in [2.75, 3.05) is 13.7 Å². The third-order valence-corrected chi connectivity index (χ3v) is 5.28. The Balaban J connectivity index is 1.65. The number of ether oxygens (including phenoxy) is 1. The van der Waals surface area contributed by atoms with Gasteiger partial charge in [0.25, 0.3) is 0 Å². The van der Waals surface area contributed by atoms with E-state index in [-0.39, 0.29) is 0 Å². The van der Waals surface area contributed by atoms with E-state index < -0.39 is 0 Å². The van der Waals surface area contributed by atoms with E-state index >= 15 is 0 Å². The van der Waals surface area contributed by atoms with Gasteiger partial charge in [0.2, 0.25) is 5.91 Å². The SMILES string of the molecule is CCN(Cc1ccc(OC)cc1)C(=O)C1CC2CCC1C2. The van der Waals surface area contributed by atoms with Gasteiger partial charge in [-0.2, -0.15) is 0 Å². The molecule has 0 N–H and O–H groups in total. The maximum absolute atomic E-state index is 12.8. The van der Waals surface area contributed by atoms with Crippen LogP contribution >= 0.6 is 0 Å². The smallest absolute Gasteiger partial charge is 0.226 e. The molecule has 3 nitrogen and oxygen atoms in total. The van der Waals surface area contributed by atoms with E-state index in [4.69, 9.17) is 4.74 Å². The van der Waals surface area contributed by atoms with Gasteiger partial charge in [-0.05, 0) is 55.7 Å². The minimum Gasteiger partial charge on any atom is -0.497 e. The predicted molar refractivity (Wildman–Crippen MR) is 83.0 cm³/mol. The second-order valence-electron chi connectivity index (χ2n) is 6.48. The number of hydrogen-bond acceptors (Lipinski definition) is 2. The molecule has 2 bridgehead atoms. The third kappa shape index (κ3) is 2.92. The Morgan fingerprint density at radius 3 is 2.52 bits per heavy atom. The summed E-state index contributed by atoms with van der Waals surface area (Å²) in [6.07, 6.45) is 5.03. The lowest BCUT2D eigenvalue weighted by Gasteiger charge is -2.28. The van der Waals surface area contributed by atoms with Crippen LogP contribution in [0, 0.1) is 17.8 Å². The Morgan fingerprint density at radius 1 is 1.24 bits per heavy atom. The zero-order chi connectivity index (χ0) is 14.8. The van der Waals surface area contributed by atoms with E-state index in [1.807, 2.05) is 17.0 Å². The summed E-state index contributed by atoms with van der Waals surface area (Å²) in [6, 6.07) is 8.03. The van der Waals surface area contributed by atoms with Crippen molar-refractivity contribution in [2.24, 2.45) is 17.8 Å². The number of methoxy groups -OCH3 is 1. The molecule has 1 aromatic rings. The van der Waals surface area contributed by atoms with Gasteiger partial charge in [0.15, 0.2) is 0 Å². The Labute approximate surface area is 127 Å². The maximum Gasteiger partial charge on any atom is 0.226 e. The Kier molecular flexibility index (Phi) is 4.18. The van der Waals surface area contributed by atoms with Crippen LogP contribution < -0.4 is 4.74 Å². The average Bonchev–Trinajstić information content (AvgIpc) is 3.15. The van der Waals surface area contributed by atoms with Crippen molar-refractivity contribution in [3.05, 3.63) is 29.8 Å². The number of carbonyl (C=O) groups excluding carboxylic acids is 1. The minimum absolute atomic E-state index is 0.293. The van der Waals surface area contributed by atoms with Crippen LogP contribution in [0.15, 0.2) is 24.3 Å². The summed E-state index contributed by atoms with van der Waals surface area (Å²) >= 11 is 0. The van der Waals surface area contributed by atoms with Gasteiger partial charge in [0, 0.05) is 19.0 Å². The first-order valence-electron chi connectivity index (χ1n) is 8.13. The third-order valence-electron chi connectivity index (χ3n) is 5.28. The molecule has 2 aliphatic carbocycles. The standard InChI is InChI=1S/C18H25NO2/c1-3-19(12-13-5-8-16(21-2)9-6-13)18(20)17-11-14-4-7-15(17)10-14/h5-6,8-9,14-15,17H,3-4,7,10-12H2,1-2H3. The van der Waals surface area contributed by atoms with Crippen LogP contribution in [-0.4, -0.2) is 24.5 Å². The summed E-state index contributed by atoms with van der Waals surface area (Å²) < 4.78 is 5.18. The van der Waals surface area contributed by atoms with Crippen LogP contribution in [0.5, 0.6) is 5.75 Å². The Morgan fingerprint density at radius 2 is 2.00 bits per heavy atom. The monoisotopic (exact) mass is 287 g/mol. The van der Waals surface area contributed by atoms with E-state index in [1.54, 1.807) is 7.11 Å². The lowest BCUT2D eigenvalue weighted by molar-refractivity contribution is -0.137. The van der Waals surface area contributed by atoms with Gasteiger partial charge in [0.1, 0.15) is 5.75 Å². The number of hydrogen-bond donors (Lipinski definition) is 0. The first kappa shape index (κ1) is 14.4. The molecular weight excluding hydrogens is 262 g/mol. The molecule has 0 saturated heterocycles. The molecule has 3 atom stereocenters. The molecule has 1 amide bonds. The predicted octanol–water partition coefficient (Wildman–Crippen LogP) is 3.48.